The van der Waals surface area contributed by atoms with Gasteiger partial charge in [0.2, 0.25) is 0 Å². The molecule has 33 heavy (non-hydrogen) atoms. The van der Waals surface area contributed by atoms with E-state index in [0.29, 0.717) is 33.7 Å². The van der Waals surface area contributed by atoms with Crippen LogP contribution >= 0.6 is 12.4 Å². The molecule has 4 rings (SSSR count). The van der Waals surface area contributed by atoms with Crippen LogP contribution in [-0.4, -0.2) is 36.8 Å². The molecule has 1 atom stereocenters. The summed E-state index contributed by atoms with van der Waals surface area (Å²) >= 11 is 0. The van der Waals surface area contributed by atoms with E-state index in [1.165, 1.54) is 18.3 Å². The molecular weight excluding hydrogens is 464 g/mol. The van der Waals surface area contributed by atoms with Crippen molar-refractivity contribution in [3.8, 4) is 5.75 Å². The fourth-order valence-corrected chi connectivity index (χ4v) is 3.53. The van der Waals surface area contributed by atoms with Crippen LogP contribution in [0.2, 0.25) is 0 Å². The second-order valence-corrected chi connectivity index (χ2v) is 7.64. The molecule has 0 saturated carbocycles. The number of nitrogens with one attached hydrogen (secondary N) is 1. The summed E-state index contributed by atoms with van der Waals surface area (Å²) in [6, 6.07) is 11.2. The molecule has 3 N–H and O–H groups in total. The number of fused-ring (bicyclic) bond motifs is 1. The average molecular weight is 485 g/mol. The number of pyridine rings is 1. The number of nitrogens with zero attached hydrogens (tertiary/aromatic N) is 2. The molecule has 2 heterocycles. The summed E-state index contributed by atoms with van der Waals surface area (Å²) in [6.45, 7) is 0.727. The fourth-order valence-electron chi connectivity index (χ4n) is 3.53. The van der Waals surface area contributed by atoms with Crippen molar-refractivity contribution in [2.75, 3.05) is 25.1 Å². The van der Waals surface area contributed by atoms with Crippen LogP contribution < -0.4 is 15.8 Å². The average Bonchev–Trinajstić information content (AvgIpc) is 2.73. The third-order valence-electron chi connectivity index (χ3n) is 4.94. The summed E-state index contributed by atoms with van der Waals surface area (Å²) in [5, 5.41) is 3.77. The van der Waals surface area contributed by atoms with Gasteiger partial charge in [-0.1, -0.05) is 12.1 Å². The van der Waals surface area contributed by atoms with Crippen LogP contribution in [0.3, 0.4) is 0 Å². The van der Waals surface area contributed by atoms with Crippen molar-refractivity contribution in [1.82, 2.24) is 4.98 Å². The van der Waals surface area contributed by atoms with Crippen LogP contribution in [0.15, 0.2) is 53.7 Å². The second-order valence-electron chi connectivity index (χ2n) is 7.64. The lowest BCUT2D eigenvalue weighted by Crippen LogP contribution is -2.38. The van der Waals surface area contributed by atoms with Crippen molar-refractivity contribution in [2.45, 2.75) is 18.6 Å². The SMILES string of the molecule is CC1(c2cc(Nc3cccc4cc(OCC(F)(F)F)cnc34)ccc2F)COCC(N)=N1.Cl. The molecule has 6 nitrogen and oxygen atoms in total. The predicted molar refractivity (Wildman–Crippen MR) is 120 cm³/mol. The molecule has 1 unspecified atom stereocenters. The highest BCUT2D eigenvalue weighted by Gasteiger charge is 2.33. The van der Waals surface area contributed by atoms with E-state index in [1.807, 2.05) is 0 Å². The molecule has 1 aliphatic heterocycles. The highest BCUT2D eigenvalue weighted by molar-refractivity contribution is 5.92. The standard InChI is InChI=1S/C22H20F4N4O2.ClH/c1-21(11-31-10-19(27)30-21)16-8-14(5-6-17(16)23)29-18-4-2-3-13-7-15(9-28-20(13)18)32-12-22(24,25)26;/h2-9,29H,10-12H2,1H3,(H2,27,30);1H. The molecule has 1 aromatic heterocycles. The van der Waals surface area contributed by atoms with Crippen molar-refractivity contribution in [2.24, 2.45) is 10.7 Å². The van der Waals surface area contributed by atoms with Crippen molar-refractivity contribution in [3.63, 3.8) is 0 Å². The Balaban J connectivity index is 0.00000306. The Labute approximate surface area is 193 Å². The summed E-state index contributed by atoms with van der Waals surface area (Å²) in [5.41, 5.74) is 6.83. The monoisotopic (exact) mass is 484 g/mol. The van der Waals surface area contributed by atoms with Gasteiger partial charge in [0.25, 0.3) is 0 Å². The van der Waals surface area contributed by atoms with Crippen LogP contribution in [-0.2, 0) is 10.3 Å². The fraction of sp³-hybridized carbons (Fsp3) is 0.273. The molecule has 0 amide bonds. The van der Waals surface area contributed by atoms with E-state index in [2.05, 4.69) is 15.3 Å². The van der Waals surface area contributed by atoms with Crippen LogP contribution in [0.5, 0.6) is 5.75 Å². The maximum absolute atomic E-state index is 14.6. The number of aromatic nitrogens is 1. The number of alkyl halides is 3. The summed E-state index contributed by atoms with van der Waals surface area (Å²) in [6.07, 6.45) is -3.21. The first-order valence-electron chi connectivity index (χ1n) is 9.70. The van der Waals surface area contributed by atoms with Crippen LogP contribution in [0.4, 0.5) is 28.9 Å². The van der Waals surface area contributed by atoms with Crippen LogP contribution in [0, 0.1) is 5.82 Å². The molecule has 0 spiro atoms. The lowest BCUT2D eigenvalue weighted by molar-refractivity contribution is -0.153. The number of benzene rings is 2. The summed E-state index contributed by atoms with van der Waals surface area (Å²) in [5.74, 6) is -0.141. The predicted octanol–water partition coefficient (Wildman–Crippen LogP) is 5.08. The lowest BCUT2D eigenvalue weighted by atomic mass is 9.91. The van der Waals surface area contributed by atoms with Gasteiger partial charge in [-0.3, -0.25) is 9.98 Å². The van der Waals surface area contributed by atoms with E-state index in [0.717, 1.165) is 0 Å². The van der Waals surface area contributed by atoms with Crippen molar-refractivity contribution in [3.05, 3.63) is 60.0 Å². The molecule has 0 radical (unpaired) electrons. The summed E-state index contributed by atoms with van der Waals surface area (Å²) in [4.78, 5) is 8.63. The third kappa shape index (κ3) is 5.63. The summed E-state index contributed by atoms with van der Waals surface area (Å²) in [7, 11) is 0. The van der Waals surface area contributed by atoms with Gasteiger partial charge >= 0.3 is 6.18 Å². The third-order valence-corrected chi connectivity index (χ3v) is 4.94. The topological polar surface area (TPSA) is 81.8 Å². The minimum Gasteiger partial charge on any atom is -0.482 e. The van der Waals surface area contributed by atoms with E-state index < -0.39 is 24.1 Å². The molecule has 3 aromatic rings. The molecule has 0 fully saturated rings. The van der Waals surface area contributed by atoms with Gasteiger partial charge in [0.05, 0.1) is 24.0 Å². The number of rotatable bonds is 5. The van der Waals surface area contributed by atoms with Gasteiger partial charge in [0.15, 0.2) is 6.61 Å². The quantitative estimate of drug-likeness (QED) is 0.493. The molecule has 0 saturated heterocycles. The zero-order valence-electron chi connectivity index (χ0n) is 17.4. The maximum atomic E-state index is 14.6. The van der Waals surface area contributed by atoms with Gasteiger partial charge < -0.3 is 20.5 Å². The molecular formula is C22H21ClF4N4O2. The minimum atomic E-state index is -4.44. The number of nitrogens with two attached hydrogens (primary N) is 1. The number of hydrogen-bond acceptors (Lipinski definition) is 6. The molecule has 11 heteroatoms. The molecule has 0 bridgehead atoms. The number of anilines is 2. The first-order valence-corrected chi connectivity index (χ1v) is 9.70. The lowest BCUT2D eigenvalue weighted by Gasteiger charge is -2.30. The molecule has 176 valence electrons. The maximum Gasteiger partial charge on any atom is 0.422 e. The normalized spacial score (nSPS) is 18.4. The van der Waals surface area contributed by atoms with E-state index in [-0.39, 0.29) is 31.4 Å². The van der Waals surface area contributed by atoms with Gasteiger partial charge in [-0.15, -0.1) is 12.4 Å². The van der Waals surface area contributed by atoms with Crippen LogP contribution in [0.25, 0.3) is 10.9 Å². The Hall–Kier alpha value is -3.11. The van der Waals surface area contributed by atoms with Gasteiger partial charge in [-0.05, 0) is 37.3 Å². The van der Waals surface area contributed by atoms with E-state index in [4.69, 9.17) is 15.2 Å². The van der Waals surface area contributed by atoms with E-state index in [1.54, 1.807) is 37.3 Å². The molecule has 2 aromatic carbocycles. The smallest absolute Gasteiger partial charge is 0.422 e. The number of ether oxygens (including phenoxy) is 2. The zero-order valence-corrected chi connectivity index (χ0v) is 18.3. The Morgan fingerprint density at radius 2 is 2.00 bits per heavy atom. The molecule has 1 aliphatic rings. The second kappa shape index (κ2) is 9.40. The number of aliphatic imine (C=N–C) groups is 1. The highest BCUT2D eigenvalue weighted by atomic mass is 35.5. The van der Waals surface area contributed by atoms with Gasteiger partial charge in [-0.25, -0.2) is 4.39 Å². The van der Waals surface area contributed by atoms with Gasteiger partial charge in [0.1, 0.15) is 29.5 Å². The first kappa shape index (κ1) is 24.5. The summed E-state index contributed by atoms with van der Waals surface area (Å²) < 4.78 is 62.0. The Morgan fingerprint density at radius 1 is 1.21 bits per heavy atom. The van der Waals surface area contributed by atoms with Crippen molar-refractivity contribution >= 4 is 40.5 Å². The van der Waals surface area contributed by atoms with E-state index >= 15 is 0 Å². The Kier molecular flexibility index (Phi) is 6.99. The molecule has 0 aliphatic carbocycles. The zero-order chi connectivity index (χ0) is 22.9. The van der Waals surface area contributed by atoms with Gasteiger partial charge in [-0.2, -0.15) is 13.2 Å². The van der Waals surface area contributed by atoms with Crippen molar-refractivity contribution in [1.29, 1.82) is 0 Å². The van der Waals surface area contributed by atoms with E-state index in [9.17, 15) is 17.6 Å². The highest BCUT2D eigenvalue weighted by Crippen LogP contribution is 2.34. The number of amidine groups is 1. The van der Waals surface area contributed by atoms with Crippen LogP contribution in [0.1, 0.15) is 12.5 Å². The Bertz CT molecular complexity index is 1190. The number of hydrogen-bond donors (Lipinski definition) is 2. The van der Waals surface area contributed by atoms with Crippen molar-refractivity contribution < 1.29 is 27.0 Å². The first-order chi connectivity index (χ1) is 15.1. The number of para-hydroxylation sites is 1. The number of halogens is 5. The Morgan fingerprint density at radius 3 is 2.73 bits per heavy atom. The largest absolute Gasteiger partial charge is 0.482 e. The van der Waals surface area contributed by atoms with Gasteiger partial charge in [0, 0.05) is 16.6 Å². The minimum absolute atomic E-state index is 0.